The second-order valence-electron chi connectivity index (χ2n) is 3.05. The van der Waals surface area contributed by atoms with E-state index in [1.807, 2.05) is 0 Å². The first-order valence-corrected chi connectivity index (χ1v) is 6.22. The maximum atomic E-state index is 11.2. The van der Waals surface area contributed by atoms with Gasteiger partial charge in [0.1, 0.15) is 0 Å². The highest BCUT2D eigenvalue weighted by atomic mass is 32.2. The molecule has 0 aliphatic carbocycles. The molecule has 1 N–H and O–H groups in total. The number of carbonyl (C=O) groups is 1. The first-order valence-electron chi connectivity index (χ1n) is 4.73. The average Bonchev–Trinajstić information content (AvgIpc) is 2.04. The predicted molar refractivity (Wildman–Crippen MR) is 54.3 cm³/mol. The number of carboxylic acids is 1. The zero-order valence-corrected chi connectivity index (χ0v) is 8.94. The van der Waals surface area contributed by atoms with Crippen LogP contribution in [0.5, 0.6) is 0 Å². The van der Waals surface area contributed by atoms with E-state index in [4.69, 9.17) is 5.11 Å². The molecule has 4 heteroatoms. The Morgan fingerprint density at radius 1 is 1.23 bits per heavy atom. The molecule has 0 aromatic rings. The molecule has 3 nitrogen and oxygen atoms in total. The molecule has 0 spiro atoms. The Balaban J connectivity index is 3.25. The summed E-state index contributed by atoms with van der Waals surface area (Å²) in [5.41, 5.74) is 0. The van der Waals surface area contributed by atoms with Gasteiger partial charge in [-0.15, -0.1) is 0 Å². The second-order valence-corrected chi connectivity index (χ2v) is 4.75. The van der Waals surface area contributed by atoms with Crippen LogP contribution in [0.4, 0.5) is 0 Å². The minimum Gasteiger partial charge on any atom is -0.481 e. The third-order valence-electron chi connectivity index (χ3n) is 1.74. The number of hydrogen-bond donors (Lipinski definition) is 1. The van der Waals surface area contributed by atoms with Crippen LogP contribution in [0, 0.1) is 0 Å². The molecule has 0 aromatic heterocycles. The standard InChI is InChI=1S/C9H18O3S/c1-2-3-4-7-13(12)8-5-6-9(10)11/h2-8H2,1H3,(H,10,11). The molecule has 0 aliphatic rings. The van der Waals surface area contributed by atoms with Crippen LogP contribution in [0.2, 0.25) is 0 Å². The average molecular weight is 206 g/mol. The van der Waals surface area contributed by atoms with E-state index in [1.165, 1.54) is 0 Å². The van der Waals surface area contributed by atoms with Gasteiger partial charge in [-0.05, 0) is 12.8 Å². The Morgan fingerprint density at radius 2 is 1.85 bits per heavy atom. The van der Waals surface area contributed by atoms with Crippen LogP contribution in [0.25, 0.3) is 0 Å². The lowest BCUT2D eigenvalue weighted by molar-refractivity contribution is -0.137. The number of unbranched alkanes of at least 4 members (excludes halogenated alkanes) is 2. The Hall–Kier alpha value is -0.380. The van der Waals surface area contributed by atoms with Crippen LogP contribution in [0.15, 0.2) is 0 Å². The highest BCUT2D eigenvalue weighted by Crippen LogP contribution is 1.99. The lowest BCUT2D eigenvalue weighted by atomic mass is 10.3. The molecule has 0 heterocycles. The van der Waals surface area contributed by atoms with Gasteiger partial charge in [0, 0.05) is 28.7 Å². The molecule has 0 amide bonds. The summed E-state index contributed by atoms with van der Waals surface area (Å²) < 4.78 is 11.2. The summed E-state index contributed by atoms with van der Waals surface area (Å²) in [5.74, 6) is 0.467. The third kappa shape index (κ3) is 9.53. The molecule has 0 saturated carbocycles. The van der Waals surface area contributed by atoms with Crippen molar-refractivity contribution in [3.63, 3.8) is 0 Å². The van der Waals surface area contributed by atoms with E-state index >= 15 is 0 Å². The number of rotatable bonds is 8. The van der Waals surface area contributed by atoms with Gasteiger partial charge in [0.15, 0.2) is 0 Å². The van der Waals surface area contributed by atoms with Gasteiger partial charge in [0.2, 0.25) is 0 Å². The van der Waals surface area contributed by atoms with Crippen molar-refractivity contribution in [1.29, 1.82) is 0 Å². The molecule has 78 valence electrons. The minimum atomic E-state index is -0.801. The molecule has 1 atom stereocenters. The molecule has 0 aromatic carbocycles. The van der Waals surface area contributed by atoms with E-state index in [9.17, 15) is 9.00 Å². The summed E-state index contributed by atoms with van der Waals surface area (Å²) in [7, 11) is -0.801. The molecule has 13 heavy (non-hydrogen) atoms. The smallest absolute Gasteiger partial charge is 0.303 e. The Kier molecular flexibility index (Phi) is 7.99. The van der Waals surface area contributed by atoms with E-state index < -0.39 is 16.8 Å². The van der Waals surface area contributed by atoms with Crippen molar-refractivity contribution < 1.29 is 14.1 Å². The topological polar surface area (TPSA) is 54.4 Å². The molecule has 1 unspecified atom stereocenters. The van der Waals surface area contributed by atoms with Gasteiger partial charge >= 0.3 is 5.97 Å². The zero-order valence-electron chi connectivity index (χ0n) is 8.12. The van der Waals surface area contributed by atoms with Gasteiger partial charge < -0.3 is 5.11 Å². The molecular formula is C9H18O3S. The Labute approximate surface area is 82.0 Å². The van der Waals surface area contributed by atoms with Gasteiger partial charge in [-0.2, -0.15) is 0 Å². The van der Waals surface area contributed by atoms with Crippen LogP contribution >= 0.6 is 0 Å². The summed E-state index contributed by atoms with van der Waals surface area (Å²) in [6.07, 6.45) is 3.92. The van der Waals surface area contributed by atoms with Gasteiger partial charge in [0.05, 0.1) is 0 Å². The summed E-state index contributed by atoms with van der Waals surface area (Å²) in [6.45, 7) is 2.10. The van der Waals surface area contributed by atoms with Crippen LogP contribution in [-0.2, 0) is 15.6 Å². The molecule has 0 bridgehead atoms. The van der Waals surface area contributed by atoms with Crippen molar-refractivity contribution in [2.45, 2.75) is 39.0 Å². The molecule has 0 radical (unpaired) electrons. The SMILES string of the molecule is CCCCCS(=O)CCCC(=O)O. The van der Waals surface area contributed by atoms with Crippen molar-refractivity contribution >= 4 is 16.8 Å². The van der Waals surface area contributed by atoms with E-state index in [-0.39, 0.29) is 6.42 Å². The third-order valence-corrected chi connectivity index (χ3v) is 3.23. The first-order chi connectivity index (χ1) is 6.16. The quantitative estimate of drug-likeness (QED) is 0.616. The lowest BCUT2D eigenvalue weighted by Crippen LogP contribution is -2.05. The first kappa shape index (κ1) is 12.6. The van der Waals surface area contributed by atoms with Crippen molar-refractivity contribution in [1.82, 2.24) is 0 Å². The van der Waals surface area contributed by atoms with Crippen LogP contribution < -0.4 is 0 Å². The van der Waals surface area contributed by atoms with Gasteiger partial charge in [-0.1, -0.05) is 19.8 Å². The second kappa shape index (κ2) is 8.23. The van der Waals surface area contributed by atoms with E-state index in [1.54, 1.807) is 0 Å². The fourth-order valence-electron chi connectivity index (χ4n) is 0.999. The molecule has 0 rings (SSSR count). The highest BCUT2D eigenvalue weighted by molar-refractivity contribution is 7.84. The largest absolute Gasteiger partial charge is 0.481 e. The van der Waals surface area contributed by atoms with Crippen LogP contribution in [0.1, 0.15) is 39.0 Å². The van der Waals surface area contributed by atoms with Crippen LogP contribution in [0.3, 0.4) is 0 Å². The summed E-state index contributed by atoms with van der Waals surface area (Å²) >= 11 is 0. The van der Waals surface area contributed by atoms with E-state index in [0.29, 0.717) is 12.2 Å². The Bertz CT molecular complexity index is 168. The number of carboxylic acid groups (broad SMARTS) is 1. The van der Waals surface area contributed by atoms with E-state index in [0.717, 1.165) is 25.0 Å². The number of aliphatic carboxylic acids is 1. The van der Waals surface area contributed by atoms with Crippen molar-refractivity contribution in [2.75, 3.05) is 11.5 Å². The highest BCUT2D eigenvalue weighted by Gasteiger charge is 2.01. The summed E-state index contributed by atoms with van der Waals surface area (Å²) in [4.78, 5) is 10.1. The molecule has 0 fully saturated rings. The maximum absolute atomic E-state index is 11.2. The monoisotopic (exact) mass is 206 g/mol. The maximum Gasteiger partial charge on any atom is 0.303 e. The van der Waals surface area contributed by atoms with E-state index in [2.05, 4.69) is 6.92 Å². The normalized spacial score (nSPS) is 12.7. The number of hydrogen-bond acceptors (Lipinski definition) is 2. The Morgan fingerprint density at radius 3 is 2.38 bits per heavy atom. The molecular weight excluding hydrogens is 188 g/mol. The molecule has 0 saturated heterocycles. The lowest BCUT2D eigenvalue weighted by Gasteiger charge is -1.99. The van der Waals surface area contributed by atoms with Gasteiger partial charge in [0.25, 0.3) is 0 Å². The fourth-order valence-corrected chi connectivity index (χ4v) is 2.20. The summed E-state index contributed by atoms with van der Waals surface area (Å²) in [6, 6.07) is 0. The van der Waals surface area contributed by atoms with Gasteiger partial charge in [-0.3, -0.25) is 9.00 Å². The van der Waals surface area contributed by atoms with Crippen molar-refractivity contribution in [3.8, 4) is 0 Å². The van der Waals surface area contributed by atoms with Crippen molar-refractivity contribution in [2.24, 2.45) is 0 Å². The minimum absolute atomic E-state index is 0.138. The van der Waals surface area contributed by atoms with Crippen molar-refractivity contribution in [3.05, 3.63) is 0 Å². The predicted octanol–water partition coefficient (Wildman–Crippen LogP) is 1.79. The fraction of sp³-hybridized carbons (Fsp3) is 0.889. The summed E-state index contributed by atoms with van der Waals surface area (Å²) in [5, 5.41) is 8.34. The zero-order chi connectivity index (χ0) is 10.1. The van der Waals surface area contributed by atoms with Gasteiger partial charge in [-0.25, -0.2) is 0 Å². The van der Waals surface area contributed by atoms with Crippen LogP contribution in [-0.4, -0.2) is 26.8 Å². The molecule has 0 aliphatic heterocycles.